The van der Waals surface area contributed by atoms with Gasteiger partial charge in [0, 0.05) is 13.1 Å². The average Bonchev–Trinajstić information content (AvgIpc) is 3.43. The van der Waals surface area contributed by atoms with Crippen molar-refractivity contribution in [2.75, 3.05) is 26.3 Å². The number of hydrogen-bond acceptors (Lipinski definition) is 6. The van der Waals surface area contributed by atoms with Crippen LogP contribution in [0.1, 0.15) is 72.1 Å². The number of unbranched alkanes of at least 4 members (excludes halogenated alkanes) is 3. The van der Waals surface area contributed by atoms with Crippen LogP contribution in [0.15, 0.2) is 25.3 Å². The Hall–Kier alpha value is -2.19. The minimum Gasteiger partial charge on any atom is -0.465 e. The molecule has 2 amide bonds. The number of aliphatic hydroxyl groups excluding tert-OH is 1. The number of fused-ring (bicyclic) bond motifs is 1. The second-order valence-corrected chi connectivity index (χ2v) is 10.6. The Kier molecular flexibility index (Phi) is 9.39. The van der Waals surface area contributed by atoms with Gasteiger partial charge in [-0.3, -0.25) is 14.4 Å². The number of carbonyl (C=O) groups excluding carboxylic acids is 3. The van der Waals surface area contributed by atoms with Gasteiger partial charge in [-0.1, -0.05) is 32.4 Å². The number of amides is 2. The normalized spacial score (nSPS) is 31.3. The van der Waals surface area contributed by atoms with Crippen molar-refractivity contribution in [3.05, 3.63) is 25.3 Å². The molecule has 202 valence electrons. The second kappa shape index (κ2) is 11.9. The standard InChI is InChI=1S/C28H44N2O6/c1-6-10-12-13-18-35-26(34)22-21-24(32)30(20(9-4)19-31)23(28(21)15-14-27(22,5)36-28)25(33)29(16-8-3)17-11-7-2/h6,8,20-23,31H,1,3,7,9-19H2,2,4-5H3/t20-,21-,22+,23?,27-,28?/m0/s1. The first-order valence-electron chi connectivity index (χ1n) is 13.6. The van der Waals surface area contributed by atoms with Crippen LogP contribution in [0.5, 0.6) is 0 Å². The summed E-state index contributed by atoms with van der Waals surface area (Å²) in [5, 5.41) is 10.2. The quantitative estimate of drug-likeness (QED) is 0.209. The average molecular weight is 505 g/mol. The van der Waals surface area contributed by atoms with Crippen molar-refractivity contribution in [1.82, 2.24) is 9.80 Å². The Balaban J connectivity index is 1.97. The zero-order valence-corrected chi connectivity index (χ0v) is 22.2. The molecule has 36 heavy (non-hydrogen) atoms. The molecule has 0 aliphatic carbocycles. The van der Waals surface area contributed by atoms with E-state index in [1.165, 1.54) is 4.90 Å². The molecular weight excluding hydrogens is 460 g/mol. The Morgan fingerprint density at radius 3 is 2.61 bits per heavy atom. The highest BCUT2D eigenvalue weighted by molar-refractivity contribution is 5.98. The summed E-state index contributed by atoms with van der Waals surface area (Å²) in [5.41, 5.74) is -1.97. The number of ether oxygens (including phenoxy) is 2. The number of hydrogen-bond donors (Lipinski definition) is 1. The highest BCUT2D eigenvalue weighted by atomic mass is 16.6. The molecule has 0 aromatic carbocycles. The maximum absolute atomic E-state index is 14.1. The molecule has 2 unspecified atom stereocenters. The van der Waals surface area contributed by atoms with Crippen molar-refractivity contribution >= 4 is 17.8 Å². The molecule has 8 heteroatoms. The van der Waals surface area contributed by atoms with Crippen LogP contribution in [0, 0.1) is 11.8 Å². The maximum atomic E-state index is 14.1. The summed E-state index contributed by atoms with van der Waals surface area (Å²) in [5.74, 6) is -2.51. The lowest BCUT2D eigenvalue weighted by Crippen LogP contribution is -2.58. The molecule has 0 radical (unpaired) electrons. The molecule has 6 atom stereocenters. The lowest BCUT2D eigenvalue weighted by molar-refractivity contribution is -0.162. The summed E-state index contributed by atoms with van der Waals surface area (Å²) in [4.78, 5) is 44.8. The van der Waals surface area contributed by atoms with Gasteiger partial charge in [0.05, 0.1) is 30.8 Å². The maximum Gasteiger partial charge on any atom is 0.312 e. The summed E-state index contributed by atoms with van der Waals surface area (Å²) >= 11 is 0. The molecule has 3 fully saturated rings. The lowest BCUT2D eigenvalue weighted by Gasteiger charge is -2.39. The van der Waals surface area contributed by atoms with Gasteiger partial charge in [0.15, 0.2) is 0 Å². The molecule has 3 aliphatic rings. The SMILES string of the molecule is C=CCCCCOC(=O)[C@H]1[C@H]2C(=O)N([C@@H](CC)CO)C(C(=O)N(CC=C)CCCC)C23CC[C@]1(C)O3. The Morgan fingerprint density at radius 1 is 1.25 bits per heavy atom. The molecule has 3 aliphatic heterocycles. The van der Waals surface area contributed by atoms with Gasteiger partial charge in [0.1, 0.15) is 17.6 Å². The predicted molar refractivity (Wildman–Crippen MR) is 137 cm³/mol. The monoisotopic (exact) mass is 504 g/mol. The van der Waals surface area contributed by atoms with Gasteiger partial charge in [-0.15, -0.1) is 13.2 Å². The summed E-state index contributed by atoms with van der Waals surface area (Å²) in [6.07, 6.45) is 9.27. The predicted octanol–water partition coefficient (Wildman–Crippen LogP) is 3.24. The van der Waals surface area contributed by atoms with Crippen molar-refractivity contribution in [1.29, 1.82) is 0 Å². The van der Waals surface area contributed by atoms with Crippen LogP contribution < -0.4 is 0 Å². The van der Waals surface area contributed by atoms with Crippen molar-refractivity contribution in [3.8, 4) is 0 Å². The third kappa shape index (κ3) is 4.86. The van der Waals surface area contributed by atoms with E-state index in [-0.39, 0.29) is 25.0 Å². The van der Waals surface area contributed by atoms with Crippen molar-refractivity contribution < 1.29 is 29.0 Å². The number of nitrogens with zero attached hydrogens (tertiary/aromatic N) is 2. The molecule has 0 saturated carbocycles. The first-order valence-corrected chi connectivity index (χ1v) is 13.6. The fourth-order valence-corrected chi connectivity index (χ4v) is 6.43. The summed E-state index contributed by atoms with van der Waals surface area (Å²) in [6.45, 7) is 14.3. The smallest absolute Gasteiger partial charge is 0.312 e. The third-order valence-electron chi connectivity index (χ3n) is 8.27. The first kappa shape index (κ1) is 28.4. The first-order chi connectivity index (χ1) is 17.3. The Bertz CT molecular complexity index is 842. The van der Waals surface area contributed by atoms with Gasteiger partial charge < -0.3 is 24.4 Å². The van der Waals surface area contributed by atoms with E-state index in [1.807, 2.05) is 19.9 Å². The number of carbonyl (C=O) groups is 3. The molecule has 1 spiro atoms. The van der Waals surface area contributed by atoms with Crippen LogP contribution in [0.2, 0.25) is 0 Å². The minimum absolute atomic E-state index is 0.200. The molecule has 3 heterocycles. The number of allylic oxidation sites excluding steroid dienone is 1. The van der Waals surface area contributed by atoms with Crippen molar-refractivity contribution in [2.24, 2.45) is 11.8 Å². The zero-order valence-electron chi connectivity index (χ0n) is 22.2. The molecule has 2 bridgehead atoms. The summed E-state index contributed by atoms with van der Waals surface area (Å²) in [6, 6.07) is -1.43. The second-order valence-electron chi connectivity index (χ2n) is 10.6. The topological polar surface area (TPSA) is 96.4 Å². The molecule has 3 rings (SSSR count). The highest BCUT2D eigenvalue weighted by Crippen LogP contribution is 2.63. The van der Waals surface area contributed by atoms with Gasteiger partial charge >= 0.3 is 5.97 Å². The van der Waals surface area contributed by atoms with Crippen LogP contribution in [-0.4, -0.2) is 82.3 Å². The highest BCUT2D eigenvalue weighted by Gasteiger charge is 2.79. The number of esters is 1. The third-order valence-corrected chi connectivity index (χ3v) is 8.27. The fraction of sp³-hybridized carbons (Fsp3) is 0.750. The van der Waals surface area contributed by atoms with E-state index in [2.05, 4.69) is 20.1 Å². The number of likely N-dealkylation sites (tertiary alicyclic amines) is 1. The van der Waals surface area contributed by atoms with Gasteiger partial charge in [-0.25, -0.2) is 0 Å². The summed E-state index contributed by atoms with van der Waals surface area (Å²) in [7, 11) is 0. The van der Waals surface area contributed by atoms with Crippen LogP contribution >= 0.6 is 0 Å². The van der Waals surface area contributed by atoms with E-state index in [9.17, 15) is 19.5 Å². The lowest BCUT2D eigenvalue weighted by atomic mass is 9.66. The van der Waals surface area contributed by atoms with Gasteiger partial charge in [0.2, 0.25) is 11.8 Å². The van der Waals surface area contributed by atoms with E-state index < -0.39 is 41.1 Å². The van der Waals surface area contributed by atoms with Crippen LogP contribution in [0.25, 0.3) is 0 Å². The van der Waals surface area contributed by atoms with Gasteiger partial charge in [-0.2, -0.15) is 0 Å². The molecule has 1 N–H and O–H groups in total. The Morgan fingerprint density at radius 2 is 2.00 bits per heavy atom. The van der Waals surface area contributed by atoms with Crippen LogP contribution in [0.4, 0.5) is 0 Å². The van der Waals surface area contributed by atoms with E-state index >= 15 is 0 Å². The molecule has 3 saturated heterocycles. The van der Waals surface area contributed by atoms with E-state index in [1.54, 1.807) is 11.0 Å². The zero-order chi connectivity index (χ0) is 26.5. The minimum atomic E-state index is -1.11. The Labute approximate surface area is 215 Å². The summed E-state index contributed by atoms with van der Waals surface area (Å²) < 4.78 is 12.3. The largest absolute Gasteiger partial charge is 0.465 e. The van der Waals surface area contributed by atoms with Gasteiger partial charge in [0.25, 0.3) is 0 Å². The molecule has 8 nitrogen and oxygen atoms in total. The van der Waals surface area contributed by atoms with Crippen LogP contribution in [-0.2, 0) is 23.9 Å². The van der Waals surface area contributed by atoms with Crippen molar-refractivity contribution in [2.45, 2.75) is 95.4 Å². The molecule has 0 aromatic heterocycles. The molecular formula is C28H44N2O6. The van der Waals surface area contributed by atoms with Crippen molar-refractivity contribution in [3.63, 3.8) is 0 Å². The van der Waals surface area contributed by atoms with Gasteiger partial charge in [-0.05, 0) is 51.9 Å². The number of rotatable bonds is 15. The fourth-order valence-electron chi connectivity index (χ4n) is 6.43. The van der Waals surface area contributed by atoms with E-state index in [0.29, 0.717) is 32.4 Å². The van der Waals surface area contributed by atoms with E-state index in [4.69, 9.17) is 9.47 Å². The van der Waals surface area contributed by atoms with E-state index in [0.717, 1.165) is 32.1 Å². The molecule has 0 aromatic rings. The van der Waals surface area contributed by atoms with Crippen LogP contribution in [0.3, 0.4) is 0 Å². The number of aliphatic hydroxyl groups is 1.